The second kappa shape index (κ2) is 6.80. The van der Waals surface area contributed by atoms with Crippen molar-refractivity contribution in [2.24, 2.45) is 0 Å². The molecule has 0 aromatic carbocycles. The first-order chi connectivity index (χ1) is 8.37. The summed E-state index contributed by atoms with van der Waals surface area (Å²) in [5.41, 5.74) is 0.0895. The fraction of sp³-hybridized carbons (Fsp3) is 0.929. The molecule has 0 atom stereocenters. The number of carbonyl (C=O) groups excluding carboxylic acids is 1. The summed E-state index contributed by atoms with van der Waals surface area (Å²) in [7, 11) is 0. The van der Waals surface area contributed by atoms with Gasteiger partial charge in [-0.1, -0.05) is 12.8 Å². The predicted molar refractivity (Wildman–Crippen MR) is 80.1 cm³/mol. The van der Waals surface area contributed by atoms with Gasteiger partial charge in [0.15, 0.2) is 0 Å². The molecule has 0 aromatic rings. The van der Waals surface area contributed by atoms with Gasteiger partial charge in [-0.25, -0.2) is 0 Å². The van der Waals surface area contributed by atoms with Gasteiger partial charge in [0.05, 0.1) is 0 Å². The maximum atomic E-state index is 11.8. The molecule has 0 aromatic heterocycles. The van der Waals surface area contributed by atoms with Crippen LogP contribution in [0, 0.1) is 0 Å². The van der Waals surface area contributed by atoms with E-state index >= 15 is 0 Å². The molecule has 0 radical (unpaired) electrons. The Balaban J connectivity index is 2.20. The average Bonchev–Trinajstić information content (AvgIpc) is 2.74. The third kappa shape index (κ3) is 5.61. The highest BCUT2D eigenvalue weighted by Crippen LogP contribution is 2.39. The summed E-state index contributed by atoms with van der Waals surface area (Å²) in [6, 6.07) is 0. The van der Waals surface area contributed by atoms with Crippen LogP contribution in [0.4, 0.5) is 0 Å². The Bertz CT molecular complexity index is 267. The highest BCUT2D eigenvalue weighted by Gasteiger charge is 2.33. The lowest BCUT2D eigenvalue weighted by molar-refractivity contribution is -0.121. The van der Waals surface area contributed by atoms with Crippen molar-refractivity contribution in [3.05, 3.63) is 0 Å². The zero-order valence-electron chi connectivity index (χ0n) is 12.3. The van der Waals surface area contributed by atoms with Gasteiger partial charge in [-0.05, 0) is 39.9 Å². The molecule has 106 valence electrons. The van der Waals surface area contributed by atoms with Crippen LogP contribution < -0.4 is 10.6 Å². The van der Waals surface area contributed by atoms with E-state index in [0.717, 1.165) is 13.1 Å². The maximum absolute atomic E-state index is 11.8. The van der Waals surface area contributed by atoms with Crippen LogP contribution in [0.15, 0.2) is 0 Å². The zero-order valence-corrected chi connectivity index (χ0v) is 13.1. The van der Waals surface area contributed by atoms with E-state index in [4.69, 9.17) is 0 Å². The lowest BCUT2D eigenvalue weighted by Gasteiger charge is -2.27. The van der Waals surface area contributed by atoms with Gasteiger partial charge >= 0.3 is 0 Å². The molecule has 1 saturated carbocycles. The summed E-state index contributed by atoms with van der Waals surface area (Å²) in [5.74, 6) is 0.173. The van der Waals surface area contributed by atoms with Crippen molar-refractivity contribution >= 4 is 17.7 Å². The Hall–Kier alpha value is -0.220. The van der Waals surface area contributed by atoms with Crippen LogP contribution in [-0.2, 0) is 4.79 Å². The molecule has 0 bridgehead atoms. The minimum absolute atomic E-state index is 0.0895. The number of hydrogen-bond acceptors (Lipinski definition) is 3. The van der Waals surface area contributed by atoms with E-state index in [0.29, 0.717) is 11.2 Å². The van der Waals surface area contributed by atoms with E-state index in [2.05, 4.69) is 37.7 Å². The minimum Gasteiger partial charge on any atom is -0.355 e. The number of carbonyl (C=O) groups is 1. The third-order valence-electron chi connectivity index (χ3n) is 3.56. The van der Waals surface area contributed by atoms with Gasteiger partial charge in [-0.15, -0.1) is 0 Å². The van der Waals surface area contributed by atoms with Crippen LogP contribution in [0.2, 0.25) is 0 Å². The summed E-state index contributed by atoms with van der Waals surface area (Å²) >= 11 is 1.92. The Morgan fingerprint density at radius 1 is 1.28 bits per heavy atom. The molecule has 1 rings (SSSR count). The Kier molecular flexibility index (Phi) is 5.99. The fourth-order valence-electron chi connectivity index (χ4n) is 2.37. The van der Waals surface area contributed by atoms with Crippen molar-refractivity contribution in [2.45, 2.75) is 63.2 Å². The van der Waals surface area contributed by atoms with Crippen molar-refractivity contribution in [3.63, 3.8) is 0 Å². The van der Waals surface area contributed by atoms with Crippen LogP contribution >= 0.6 is 11.8 Å². The van der Waals surface area contributed by atoms with Crippen molar-refractivity contribution in [1.29, 1.82) is 0 Å². The highest BCUT2D eigenvalue weighted by molar-refractivity contribution is 8.00. The van der Waals surface area contributed by atoms with E-state index in [9.17, 15) is 4.79 Å². The molecule has 2 N–H and O–H groups in total. The molecule has 18 heavy (non-hydrogen) atoms. The SMILES string of the molecule is CSC1(CNC(=O)CCNC(C)(C)C)CCCC1. The van der Waals surface area contributed by atoms with Gasteiger partial charge in [-0.3, -0.25) is 4.79 Å². The molecule has 1 aliphatic carbocycles. The fourth-order valence-corrected chi connectivity index (χ4v) is 3.28. The number of thioether (sulfide) groups is 1. The minimum atomic E-state index is 0.0895. The van der Waals surface area contributed by atoms with Gasteiger partial charge in [0.1, 0.15) is 0 Å². The Morgan fingerprint density at radius 2 is 1.89 bits per heavy atom. The monoisotopic (exact) mass is 272 g/mol. The summed E-state index contributed by atoms with van der Waals surface area (Å²) in [5, 5.41) is 6.44. The van der Waals surface area contributed by atoms with Gasteiger partial charge < -0.3 is 10.6 Å². The Morgan fingerprint density at radius 3 is 2.39 bits per heavy atom. The quantitative estimate of drug-likeness (QED) is 0.781. The second-order valence-electron chi connectivity index (χ2n) is 6.30. The molecule has 0 unspecified atom stereocenters. The predicted octanol–water partition coefficient (Wildman–Crippen LogP) is 2.56. The largest absolute Gasteiger partial charge is 0.355 e. The van der Waals surface area contributed by atoms with Crippen LogP contribution in [0.25, 0.3) is 0 Å². The molecule has 1 fully saturated rings. The van der Waals surface area contributed by atoms with Gasteiger partial charge in [0.2, 0.25) is 5.91 Å². The standard InChI is InChI=1S/C14H28N2OS/c1-13(2,3)16-10-7-12(17)15-11-14(18-4)8-5-6-9-14/h16H,5-11H2,1-4H3,(H,15,17). The molecule has 1 amide bonds. The van der Waals surface area contributed by atoms with E-state index in [-0.39, 0.29) is 11.4 Å². The lowest BCUT2D eigenvalue weighted by atomic mass is 10.1. The summed E-state index contributed by atoms with van der Waals surface area (Å²) in [4.78, 5) is 11.8. The van der Waals surface area contributed by atoms with Crippen molar-refractivity contribution in [1.82, 2.24) is 10.6 Å². The van der Waals surface area contributed by atoms with E-state index in [1.165, 1.54) is 25.7 Å². The molecular formula is C14H28N2OS. The number of amides is 1. The van der Waals surface area contributed by atoms with E-state index in [1.54, 1.807) is 0 Å². The molecule has 4 heteroatoms. The molecule has 0 heterocycles. The zero-order chi connectivity index (χ0) is 13.6. The third-order valence-corrected chi connectivity index (χ3v) is 4.98. The van der Waals surface area contributed by atoms with Crippen LogP contribution in [-0.4, -0.2) is 35.5 Å². The average molecular weight is 272 g/mol. The first-order valence-corrected chi connectivity index (χ1v) is 8.16. The Labute approximate surface area is 116 Å². The normalized spacial score (nSPS) is 18.9. The molecule has 3 nitrogen and oxygen atoms in total. The maximum Gasteiger partial charge on any atom is 0.221 e. The molecule has 1 aliphatic rings. The second-order valence-corrected chi connectivity index (χ2v) is 7.57. The highest BCUT2D eigenvalue weighted by atomic mass is 32.2. The first kappa shape index (κ1) is 15.8. The summed E-state index contributed by atoms with van der Waals surface area (Å²) < 4.78 is 0.313. The lowest BCUT2D eigenvalue weighted by Crippen LogP contribution is -2.41. The van der Waals surface area contributed by atoms with Crippen LogP contribution in [0.3, 0.4) is 0 Å². The van der Waals surface area contributed by atoms with Gasteiger partial charge in [-0.2, -0.15) is 11.8 Å². The number of nitrogens with one attached hydrogen (secondary N) is 2. The van der Waals surface area contributed by atoms with Gasteiger partial charge in [0.25, 0.3) is 0 Å². The molecular weight excluding hydrogens is 244 g/mol. The molecule has 0 aliphatic heterocycles. The summed E-state index contributed by atoms with van der Waals surface area (Å²) in [6.45, 7) is 7.94. The number of rotatable bonds is 6. The number of hydrogen-bond donors (Lipinski definition) is 2. The van der Waals surface area contributed by atoms with Crippen LogP contribution in [0.1, 0.15) is 52.9 Å². The summed E-state index contributed by atoms with van der Waals surface area (Å²) in [6.07, 6.45) is 7.84. The van der Waals surface area contributed by atoms with Crippen molar-refractivity contribution in [3.8, 4) is 0 Å². The van der Waals surface area contributed by atoms with Crippen molar-refractivity contribution < 1.29 is 4.79 Å². The molecule has 0 spiro atoms. The van der Waals surface area contributed by atoms with Gasteiger partial charge in [0, 0.05) is 29.8 Å². The van der Waals surface area contributed by atoms with Crippen molar-refractivity contribution in [2.75, 3.05) is 19.3 Å². The topological polar surface area (TPSA) is 41.1 Å². The molecule has 0 saturated heterocycles. The van der Waals surface area contributed by atoms with E-state index in [1.807, 2.05) is 11.8 Å². The van der Waals surface area contributed by atoms with E-state index < -0.39 is 0 Å². The smallest absolute Gasteiger partial charge is 0.221 e. The van der Waals surface area contributed by atoms with Crippen LogP contribution in [0.5, 0.6) is 0 Å². The first-order valence-electron chi connectivity index (χ1n) is 6.94.